The molecule has 0 radical (unpaired) electrons. The van der Waals surface area contributed by atoms with Crippen LogP contribution in [-0.2, 0) is 11.3 Å². The summed E-state index contributed by atoms with van der Waals surface area (Å²) in [5.74, 6) is 3.36. The Morgan fingerprint density at radius 3 is 2.41 bits per heavy atom. The van der Waals surface area contributed by atoms with Gasteiger partial charge in [0.05, 0.1) is 0 Å². The lowest BCUT2D eigenvalue weighted by Crippen LogP contribution is -2.55. The van der Waals surface area contributed by atoms with E-state index in [0.717, 1.165) is 17.1 Å². The van der Waals surface area contributed by atoms with E-state index in [0.29, 0.717) is 0 Å². The van der Waals surface area contributed by atoms with Crippen molar-refractivity contribution in [2.45, 2.75) is 12.7 Å². The van der Waals surface area contributed by atoms with Gasteiger partial charge in [0.15, 0.2) is 6.17 Å². The molecule has 5 N–H and O–H groups in total. The van der Waals surface area contributed by atoms with Gasteiger partial charge >= 0.3 is 0 Å². The lowest BCUT2D eigenvalue weighted by atomic mass is 10.2. The second kappa shape index (κ2) is 5.67. The SMILES string of the molecule is CNC(C(N)=O)N(N)Cc1c(F)cccc1F. The fourth-order valence-electron chi connectivity index (χ4n) is 1.43. The van der Waals surface area contributed by atoms with Crippen LogP contribution in [0.3, 0.4) is 0 Å². The minimum atomic E-state index is -0.992. The Morgan fingerprint density at radius 1 is 1.47 bits per heavy atom. The Hall–Kier alpha value is -1.57. The van der Waals surface area contributed by atoms with E-state index in [-0.39, 0.29) is 12.1 Å². The third kappa shape index (κ3) is 3.19. The molecule has 0 spiro atoms. The summed E-state index contributed by atoms with van der Waals surface area (Å²) in [6.07, 6.45) is -0.992. The van der Waals surface area contributed by atoms with Crippen molar-refractivity contribution >= 4 is 5.91 Å². The highest BCUT2D eigenvalue weighted by atomic mass is 19.1. The highest BCUT2D eigenvalue weighted by molar-refractivity contribution is 5.79. The molecule has 1 amide bonds. The summed E-state index contributed by atoms with van der Waals surface area (Å²) in [6, 6.07) is 3.48. The van der Waals surface area contributed by atoms with Gasteiger partial charge in [-0.05, 0) is 19.2 Å². The Morgan fingerprint density at radius 2 is 2.00 bits per heavy atom. The Kier molecular flexibility index (Phi) is 4.50. The van der Waals surface area contributed by atoms with Crippen molar-refractivity contribution in [1.29, 1.82) is 0 Å². The van der Waals surface area contributed by atoms with Crippen LogP contribution >= 0.6 is 0 Å². The number of carbonyl (C=O) groups is 1. The largest absolute Gasteiger partial charge is 0.367 e. The molecule has 0 fully saturated rings. The molecule has 1 atom stereocenters. The van der Waals surface area contributed by atoms with E-state index in [4.69, 9.17) is 11.6 Å². The van der Waals surface area contributed by atoms with Crippen LogP contribution in [-0.4, -0.2) is 24.1 Å². The van der Waals surface area contributed by atoms with Gasteiger partial charge in [0.2, 0.25) is 0 Å². The van der Waals surface area contributed by atoms with E-state index < -0.39 is 23.7 Å². The van der Waals surface area contributed by atoms with Crippen LogP contribution in [0.5, 0.6) is 0 Å². The lowest BCUT2D eigenvalue weighted by Gasteiger charge is -2.24. The van der Waals surface area contributed by atoms with Crippen LogP contribution in [0.25, 0.3) is 0 Å². The molecule has 1 unspecified atom stereocenters. The molecule has 0 bridgehead atoms. The molecular weight excluding hydrogens is 230 g/mol. The number of nitrogens with one attached hydrogen (secondary N) is 1. The van der Waals surface area contributed by atoms with Crippen molar-refractivity contribution in [1.82, 2.24) is 10.3 Å². The zero-order valence-corrected chi connectivity index (χ0v) is 9.28. The van der Waals surface area contributed by atoms with Crippen molar-refractivity contribution < 1.29 is 13.6 Å². The van der Waals surface area contributed by atoms with Gasteiger partial charge in [-0.1, -0.05) is 6.07 Å². The van der Waals surface area contributed by atoms with Crippen LogP contribution in [0, 0.1) is 11.6 Å². The maximum absolute atomic E-state index is 13.3. The zero-order valence-electron chi connectivity index (χ0n) is 9.28. The molecule has 94 valence electrons. The number of amides is 1. The van der Waals surface area contributed by atoms with Crippen LogP contribution in [0.1, 0.15) is 5.56 Å². The molecule has 1 rings (SSSR count). The predicted octanol–water partition coefficient (Wildman–Crippen LogP) is -0.329. The van der Waals surface area contributed by atoms with Gasteiger partial charge in [-0.3, -0.25) is 16.0 Å². The molecule has 0 aliphatic heterocycles. The van der Waals surface area contributed by atoms with E-state index >= 15 is 0 Å². The minimum Gasteiger partial charge on any atom is -0.367 e. The molecule has 0 saturated heterocycles. The second-order valence-electron chi connectivity index (χ2n) is 3.47. The van der Waals surface area contributed by atoms with Crippen molar-refractivity contribution in [2.24, 2.45) is 11.6 Å². The van der Waals surface area contributed by atoms with Crippen LogP contribution in [0.15, 0.2) is 18.2 Å². The fourth-order valence-corrected chi connectivity index (χ4v) is 1.43. The number of halogens is 2. The number of hydrazine groups is 1. The minimum absolute atomic E-state index is 0.212. The predicted molar refractivity (Wildman–Crippen MR) is 58.1 cm³/mol. The van der Waals surface area contributed by atoms with E-state index in [1.54, 1.807) is 0 Å². The maximum atomic E-state index is 13.3. The highest BCUT2D eigenvalue weighted by Gasteiger charge is 2.21. The smallest absolute Gasteiger partial charge is 0.250 e. The molecule has 0 heterocycles. The maximum Gasteiger partial charge on any atom is 0.250 e. The summed E-state index contributed by atoms with van der Waals surface area (Å²) in [7, 11) is 1.47. The van der Waals surface area contributed by atoms with Crippen LogP contribution < -0.4 is 16.9 Å². The molecule has 7 heteroatoms. The van der Waals surface area contributed by atoms with Gasteiger partial charge in [-0.2, -0.15) is 0 Å². The molecule has 5 nitrogen and oxygen atoms in total. The quantitative estimate of drug-likeness (QED) is 0.376. The number of hydrogen-bond acceptors (Lipinski definition) is 4. The molecule has 0 aliphatic rings. The first kappa shape index (κ1) is 13.5. The van der Waals surface area contributed by atoms with Gasteiger partial charge < -0.3 is 5.73 Å². The topological polar surface area (TPSA) is 84.4 Å². The summed E-state index contributed by atoms with van der Waals surface area (Å²) in [5, 5.41) is 3.48. The van der Waals surface area contributed by atoms with Gasteiger partial charge in [0, 0.05) is 12.1 Å². The normalized spacial score (nSPS) is 12.8. The number of nitrogens with zero attached hydrogens (tertiary/aromatic N) is 1. The first-order valence-corrected chi connectivity index (χ1v) is 4.88. The monoisotopic (exact) mass is 244 g/mol. The van der Waals surface area contributed by atoms with E-state index in [2.05, 4.69) is 5.32 Å². The Bertz CT molecular complexity index is 393. The van der Waals surface area contributed by atoms with Crippen molar-refractivity contribution in [3.63, 3.8) is 0 Å². The number of primary amides is 1. The molecule has 1 aromatic carbocycles. The van der Waals surface area contributed by atoms with Gasteiger partial charge in [0.25, 0.3) is 5.91 Å². The standard InChI is InChI=1S/C10H14F2N4O/c1-15-10(9(13)17)16(14)5-6-7(11)3-2-4-8(6)12/h2-4,10,15H,5,14H2,1H3,(H2,13,17). The first-order valence-electron chi connectivity index (χ1n) is 4.88. The molecule has 0 aromatic heterocycles. The summed E-state index contributed by atoms with van der Waals surface area (Å²) in [6.45, 7) is -0.271. The van der Waals surface area contributed by atoms with E-state index in [1.807, 2.05) is 0 Å². The third-order valence-corrected chi connectivity index (χ3v) is 2.28. The first-order chi connectivity index (χ1) is 7.97. The summed E-state index contributed by atoms with van der Waals surface area (Å²) < 4.78 is 26.6. The van der Waals surface area contributed by atoms with Crippen LogP contribution in [0.4, 0.5) is 8.78 Å². The number of carbonyl (C=O) groups excluding carboxylic acids is 1. The van der Waals surface area contributed by atoms with Crippen molar-refractivity contribution in [2.75, 3.05) is 7.05 Å². The Labute approximate surface area is 97.3 Å². The molecule has 0 saturated carbocycles. The summed E-state index contributed by atoms with van der Waals surface area (Å²) in [5.41, 5.74) is 4.86. The molecule has 0 aliphatic carbocycles. The summed E-state index contributed by atoms with van der Waals surface area (Å²) in [4.78, 5) is 11.0. The zero-order chi connectivity index (χ0) is 13.0. The number of hydrogen-bond donors (Lipinski definition) is 3. The Balaban J connectivity index is 2.87. The average molecular weight is 244 g/mol. The van der Waals surface area contributed by atoms with E-state index in [9.17, 15) is 13.6 Å². The van der Waals surface area contributed by atoms with Crippen LogP contribution in [0.2, 0.25) is 0 Å². The average Bonchev–Trinajstić information content (AvgIpc) is 2.24. The number of likely N-dealkylation sites (N-methyl/N-ethyl adjacent to an activating group) is 1. The molecule has 17 heavy (non-hydrogen) atoms. The lowest BCUT2D eigenvalue weighted by molar-refractivity contribution is -0.124. The molecular formula is C10H14F2N4O. The summed E-state index contributed by atoms with van der Waals surface area (Å²) >= 11 is 0. The number of nitrogens with two attached hydrogens (primary N) is 2. The molecule has 1 aromatic rings. The number of rotatable bonds is 5. The van der Waals surface area contributed by atoms with Crippen molar-refractivity contribution in [3.8, 4) is 0 Å². The number of benzene rings is 1. The highest BCUT2D eigenvalue weighted by Crippen LogP contribution is 2.13. The van der Waals surface area contributed by atoms with Gasteiger partial charge in [-0.25, -0.2) is 13.8 Å². The van der Waals surface area contributed by atoms with E-state index in [1.165, 1.54) is 13.1 Å². The second-order valence-corrected chi connectivity index (χ2v) is 3.47. The van der Waals surface area contributed by atoms with Crippen molar-refractivity contribution in [3.05, 3.63) is 35.4 Å². The third-order valence-electron chi connectivity index (χ3n) is 2.28. The fraction of sp³-hybridized carbons (Fsp3) is 0.300. The van der Waals surface area contributed by atoms with Gasteiger partial charge in [-0.15, -0.1) is 0 Å². The van der Waals surface area contributed by atoms with Gasteiger partial charge in [0.1, 0.15) is 11.6 Å².